The van der Waals surface area contributed by atoms with Crippen LogP contribution in [0.3, 0.4) is 0 Å². The van der Waals surface area contributed by atoms with Crippen molar-refractivity contribution in [3.8, 4) is 0 Å². The molecule has 0 bridgehead atoms. The van der Waals surface area contributed by atoms with Crippen molar-refractivity contribution in [2.75, 3.05) is 4.90 Å². The van der Waals surface area contributed by atoms with Gasteiger partial charge in [0.1, 0.15) is 11.5 Å². The number of hydrogen-bond acceptors (Lipinski definition) is 5. The molecule has 27 heavy (non-hydrogen) atoms. The number of carbonyl (C=O) groups is 1. The maximum absolute atomic E-state index is 13.5. The molecule has 0 spiro atoms. The van der Waals surface area contributed by atoms with Gasteiger partial charge in [0.2, 0.25) is 6.41 Å². The van der Waals surface area contributed by atoms with Crippen LogP contribution in [-0.2, 0) is 11.0 Å². The van der Waals surface area contributed by atoms with Gasteiger partial charge in [-0.1, -0.05) is 0 Å². The van der Waals surface area contributed by atoms with Crippen molar-refractivity contribution in [2.24, 2.45) is 0 Å². The molecule has 0 unspecified atom stereocenters. The fraction of sp³-hybridized carbons (Fsp3) is 0.133. The first-order valence-corrected chi connectivity index (χ1v) is 7.02. The van der Waals surface area contributed by atoms with Gasteiger partial charge in [-0.3, -0.25) is 29.9 Å². The number of alkyl halides is 3. The summed E-state index contributed by atoms with van der Waals surface area (Å²) in [4.78, 5) is 31.5. The monoisotopic (exact) mass is 387 g/mol. The Balaban J connectivity index is 2.92. The van der Waals surface area contributed by atoms with Crippen molar-refractivity contribution in [1.82, 2.24) is 0 Å². The summed E-state index contributed by atoms with van der Waals surface area (Å²) in [5.41, 5.74) is -5.66. The van der Waals surface area contributed by atoms with Gasteiger partial charge in [0.05, 0.1) is 27.2 Å². The summed E-state index contributed by atoms with van der Waals surface area (Å²) in [6.07, 6.45) is -5.37. The van der Waals surface area contributed by atoms with Crippen LogP contribution >= 0.6 is 0 Å². The van der Waals surface area contributed by atoms with Gasteiger partial charge in [0, 0.05) is 6.07 Å². The molecule has 0 aromatic heterocycles. The van der Waals surface area contributed by atoms with Crippen LogP contribution in [0.4, 0.5) is 40.3 Å². The summed E-state index contributed by atoms with van der Waals surface area (Å²) in [5, 5.41) is 22.1. The number of nitro benzene ring substituents is 2. The third-order valence-corrected chi connectivity index (χ3v) is 3.55. The first-order chi connectivity index (χ1) is 12.5. The Kier molecular flexibility index (Phi) is 5.10. The number of benzene rings is 2. The molecule has 8 nitrogen and oxygen atoms in total. The highest BCUT2D eigenvalue weighted by Gasteiger charge is 2.42. The van der Waals surface area contributed by atoms with Gasteiger partial charge < -0.3 is 0 Å². The Labute approximate surface area is 147 Å². The van der Waals surface area contributed by atoms with Gasteiger partial charge in [-0.25, -0.2) is 4.39 Å². The van der Waals surface area contributed by atoms with E-state index in [9.17, 15) is 42.6 Å². The second-order valence-corrected chi connectivity index (χ2v) is 5.28. The second-order valence-electron chi connectivity index (χ2n) is 5.28. The van der Waals surface area contributed by atoms with Crippen molar-refractivity contribution in [2.45, 2.75) is 13.1 Å². The summed E-state index contributed by atoms with van der Waals surface area (Å²) >= 11 is 0. The lowest BCUT2D eigenvalue weighted by Gasteiger charge is -2.23. The van der Waals surface area contributed by atoms with E-state index in [-0.39, 0.29) is 23.7 Å². The van der Waals surface area contributed by atoms with Crippen LogP contribution in [0, 0.1) is 33.0 Å². The Hall–Kier alpha value is -3.57. The molecule has 12 heteroatoms. The minimum atomic E-state index is -5.25. The van der Waals surface area contributed by atoms with E-state index < -0.39 is 44.5 Å². The predicted octanol–water partition coefficient (Wildman–Crippen LogP) is 4.26. The van der Waals surface area contributed by atoms with Crippen LogP contribution in [0.15, 0.2) is 30.3 Å². The molecule has 0 N–H and O–H groups in total. The SMILES string of the molecule is Cc1cc(F)ccc1N(C=O)c1c([N+](=O)[O-])cc([N+](=O)[O-])cc1C(F)(F)F. The van der Waals surface area contributed by atoms with Crippen LogP contribution in [-0.4, -0.2) is 16.3 Å². The molecule has 1 amide bonds. The van der Waals surface area contributed by atoms with Crippen LogP contribution in [0.2, 0.25) is 0 Å². The quantitative estimate of drug-likeness (QED) is 0.330. The van der Waals surface area contributed by atoms with Gasteiger partial charge >= 0.3 is 11.9 Å². The number of halogens is 4. The van der Waals surface area contributed by atoms with Crippen molar-refractivity contribution in [3.05, 3.63) is 67.5 Å². The van der Waals surface area contributed by atoms with Gasteiger partial charge in [0.25, 0.3) is 5.69 Å². The molecular formula is C15H9F4N3O5. The highest BCUT2D eigenvalue weighted by Crippen LogP contribution is 2.46. The van der Waals surface area contributed by atoms with Crippen LogP contribution in [0.1, 0.15) is 11.1 Å². The fourth-order valence-corrected chi connectivity index (χ4v) is 2.44. The number of amides is 1. The fourth-order valence-electron chi connectivity index (χ4n) is 2.44. The smallest absolute Gasteiger partial charge is 0.278 e. The molecule has 0 aliphatic heterocycles. The van der Waals surface area contributed by atoms with Crippen LogP contribution < -0.4 is 4.90 Å². The summed E-state index contributed by atoms with van der Waals surface area (Å²) in [7, 11) is 0. The number of aryl methyl sites for hydroxylation is 1. The van der Waals surface area contributed by atoms with E-state index in [0.29, 0.717) is 11.0 Å². The molecule has 0 aliphatic carbocycles. The Bertz CT molecular complexity index is 946. The lowest BCUT2D eigenvalue weighted by Crippen LogP contribution is -2.22. The summed E-state index contributed by atoms with van der Waals surface area (Å²) in [6, 6.07) is 3.14. The van der Waals surface area contributed by atoms with Gasteiger partial charge in [-0.15, -0.1) is 0 Å². The van der Waals surface area contributed by atoms with E-state index in [4.69, 9.17) is 0 Å². The molecular weight excluding hydrogens is 378 g/mol. The molecule has 142 valence electrons. The largest absolute Gasteiger partial charge is 0.418 e. The summed E-state index contributed by atoms with van der Waals surface area (Å²) in [6.45, 7) is 1.28. The zero-order valence-corrected chi connectivity index (χ0v) is 13.4. The molecule has 0 aliphatic rings. The van der Waals surface area contributed by atoms with Gasteiger partial charge in [-0.05, 0) is 30.7 Å². The topological polar surface area (TPSA) is 107 Å². The summed E-state index contributed by atoms with van der Waals surface area (Å²) < 4.78 is 53.7. The van der Waals surface area contributed by atoms with Gasteiger partial charge in [-0.2, -0.15) is 13.2 Å². The highest BCUT2D eigenvalue weighted by atomic mass is 19.4. The standard InChI is InChI=1S/C15H9F4N3O5/c1-8-4-9(16)2-3-12(8)20(7-23)14-11(15(17,18)19)5-10(21(24)25)6-13(14)22(26)27/h2-7H,1H3. The third kappa shape index (κ3) is 3.83. The lowest BCUT2D eigenvalue weighted by atomic mass is 10.1. The van der Waals surface area contributed by atoms with Crippen LogP contribution in [0.25, 0.3) is 0 Å². The van der Waals surface area contributed by atoms with E-state index in [1.165, 1.54) is 6.92 Å². The van der Waals surface area contributed by atoms with Crippen molar-refractivity contribution >= 4 is 29.2 Å². The van der Waals surface area contributed by atoms with E-state index in [1.807, 2.05) is 0 Å². The number of anilines is 2. The molecule has 0 fully saturated rings. The van der Waals surface area contributed by atoms with E-state index in [1.54, 1.807) is 0 Å². The maximum Gasteiger partial charge on any atom is 0.418 e. The Morgan fingerprint density at radius 1 is 1.07 bits per heavy atom. The first-order valence-electron chi connectivity index (χ1n) is 7.02. The van der Waals surface area contributed by atoms with Gasteiger partial charge in [0.15, 0.2) is 0 Å². The molecule has 2 rings (SSSR count). The molecule has 0 heterocycles. The average Bonchev–Trinajstić information content (AvgIpc) is 2.55. The number of non-ortho nitro benzene ring substituents is 1. The van der Waals surface area contributed by atoms with E-state index in [2.05, 4.69) is 0 Å². The molecule has 0 atom stereocenters. The maximum atomic E-state index is 13.5. The molecule has 2 aromatic rings. The second kappa shape index (κ2) is 6.97. The number of rotatable bonds is 5. The molecule has 0 saturated carbocycles. The van der Waals surface area contributed by atoms with Crippen molar-refractivity contribution < 1.29 is 32.2 Å². The molecule has 0 radical (unpaired) electrons. The minimum Gasteiger partial charge on any atom is -0.278 e. The van der Waals surface area contributed by atoms with Crippen molar-refractivity contribution in [3.63, 3.8) is 0 Å². The lowest BCUT2D eigenvalue weighted by molar-refractivity contribution is -0.394. The zero-order valence-electron chi connectivity index (χ0n) is 13.4. The number of nitrogens with zero attached hydrogens (tertiary/aromatic N) is 3. The number of carbonyl (C=O) groups excluding carboxylic acids is 1. The van der Waals surface area contributed by atoms with E-state index >= 15 is 0 Å². The predicted molar refractivity (Wildman–Crippen MR) is 84.1 cm³/mol. The zero-order chi connectivity index (χ0) is 20.5. The van der Waals surface area contributed by atoms with Crippen molar-refractivity contribution in [1.29, 1.82) is 0 Å². The Morgan fingerprint density at radius 3 is 2.15 bits per heavy atom. The highest BCUT2D eigenvalue weighted by molar-refractivity contribution is 5.93. The normalized spacial score (nSPS) is 11.1. The molecule has 0 saturated heterocycles. The van der Waals surface area contributed by atoms with E-state index in [0.717, 1.165) is 18.2 Å². The number of nitro groups is 2. The first kappa shape index (κ1) is 19.8. The summed E-state index contributed by atoms with van der Waals surface area (Å²) in [5.74, 6) is -0.739. The average molecular weight is 387 g/mol. The number of hydrogen-bond donors (Lipinski definition) is 0. The van der Waals surface area contributed by atoms with Crippen LogP contribution in [0.5, 0.6) is 0 Å². The molecule has 2 aromatic carbocycles. The third-order valence-electron chi connectivity index (χ3n) is 3.55. The Morgan fingerprint density at radius 2 is 1.70 bits per heavy atom. The minimum absolute atomic E-state index is 0.0166.